The third-order valence-electron chi connectivity index (χ3n) is 2.49. The van der Waals surface area contributed by atoms with E-state index in [1.165, 1.54) is 19.2 Å². The number of nitrogens with zero attached hydrogens (tertiary/aromatic N) is 1. The first-order chi connectivity index (χ1) is 9.74. The van der Waals surface area contributed by atoms with Crippen molar-refractivity contribution in [2.45, 2.75) is 0 Å². The zero-order chi connectivity index (χ0) is 16.0. The fourth-order valence-corrected chi connectivity index (χ4v) is 2.02. The second-order valence-electron chi connectivity index (χ2n) is 4.16. The van der Waals surface area contributed by atoms with Gasteiger partial charge in [0.2, 0.25) is 10.0 Å². The van der Waals surface area contributed by atoms with E-state index < -0.39 is 20.9 Å². The number of hydrogen-bond acceptors (Lipinski definition) is 6. The van der Waals surface area contributed by atoms with Gasteiger partial charge in [-0.25, -0.2) is 13.1 Å². The van der Waals surface area contributed by atoms with Crippen LogP contribution in [0.3, 0.4) is 0 Å². The Morgan fingerprint density at radius 3 is 2.52 bits per heavy atom. The summed E-state index contributed by atoms with van der Waals surface area (Å²) >= 11 is 0. The van der Waals surface area contributed by atoms with Gasteiger partial charge in [-0.1, -0.05) is 0 Å². The normalized spacial score (nSPS) is 11.0. The molecular formula is C11H16N4O5S. The summed E-state index contributed by atoms with van der Waals surface area (Å²) in [6.07, 6.45) is 1.02. The van der Waals surface area contributed by atoms with Crippen LogP contribution in [0.25, 0.3) is 0 Å². The first-order valence-electron chi connectivity index (χ1n) is 5.93. The molecule has 0 spiro atoms. The molecule has 0 radical (unpaired) electrons. The summed E-state index contributed by atoms with van der Waals surface area (Å²) in [7, 11) is -1.88. The second kappa shape index (κ2) is 6.99. The molecule has 0 heterocycles. The van der Waals surface area contributed by atoms with Crippen molar-refractivity contribution in [2.75, 3.05) is 31.7 Å². The molecule has 0 bridgehead atoms. The first-order valence-corrected chi connectivity index (χ1v) is 7.83. The molecule has 0 saturated heterocycles. The van der Waals surface area contributed by atoms with Crippen LogP contribution < -0.4 is 15.4 Å². The quantitative estimate of drug-likeness (QED) is 0.366. The van der Waals surface area contributed by atoms with Crippen molar-refractivity contribution < 1.29 is 18.1 Å². The van der Waals surface area contributed by atoms with E-state index in [2.05, 4.69) is 15.4 Å². The van der Waals surface area contributed by atoms with Crippen LogP contribution >= 0.6 is 0 Å². The van der Waals surface area contributed by atoms with Gasteiger partial charge in [0, 0.05) is 31.8 Å². The van der Waals surface area contributed by atoms with Crippen LogP contribution in [0.4, 0.5) is 11.4 Å². The van der Waals surface area contributed by atoms with Crippen LogP contribution in [0.1, 0.15) is 10.4 Å². The van der Waals surface area contributed by atoms with E-state index in [0.29, 0.717) is 0 Å². The average molecular weight is 316 g/mol. The highest BCUT2D eigenvalue weighted by Gasteiger charge is 2.16. The van der Waals surface area contributed by atoms with E-state index in [-0.39, 0.29) is 30.0 Å². The van der Waals surface area contributed by atoms with E-state index in [4.69, 9.17) is 0 Å². The molecule has 1 aromatic rings. The van der Waals surface area contributed by atoms with Crippen molar-refractivity contribution >= 4 is 27.3 Å². The van der Waals surface area contributed by atoms with E-state index in [1.807, 2.05) is 0 Å². The first kappa shape index (κ1) is 16.9. The molecule has 0 saturated carbocycles. The van der Waals surface area contributed by atoms with Crippen molar-refractivity contribution in [3.63, 3.8) is 0 Å². The molecule has 3 N–H and O–H groups in total. The SMILES string of the molecule is CNC(=O)c1ccc(NCCNS(C)(=O)=O)c([N+](=O)[O-])c1. The summed E-state index contributed by atoms with van der Waals surface area (Å²) in [6, 6.07) is 4.01. The summed E-state index contributed by atoms with van der Waals surface area (Å²) in [4.78, 5) is 21.8. The summed E-state index contributed by atoms with van der Waals surface area (Å²) in [5.74, 6) is -0.427. The Morgan fingerprint density at radius 1 is 1.33 bits per heavy atom. The molecular weight excluding hydrogens is 300 g/mol. The molecule has 0 aliphatic heterocycles. The number of sulfonamides is 1. The van der Waals surface area contributed by atoms with Gasteiger partial charge < -0.3 is 10.6 Å². The maximum Gasteiger partial charge on any atom is 0.293 e. The van der Waals surface area contributed by atoms with Gasteiger partial charge in [-0.05, 0) is 12.1 Å². The Balaban J connectivity index is 2.82. The predicted octanol–water partition coefficient (Wildman–Crippen LogP) is -0.0845. The van der Waals surface area contributed by atoms with Crippen molar-refractivity contribution in [1.82, 2.24) is 10.0 Å². The molecule has 1 aromatic carbocycles. The Labute approximate surface area is 121 Å². The molecule has 1 amide bonds. The van der Waals surface area contributed by atoms with Gasteiger partial charge in [0.1, 0.15) is 5.69 Å². The lowest BCUT2D eigenvalue weighted by molar-refractivity contribution is -0.384. The standard InChI is InChI=1S/C11H16N4O5S/c1-12-11(16)8-3-4-9(10(7-8)15(17)18)13-5-6-14-21(2,19)20/h3-4,7,13-14H,5-6H2,1-2H3,(H,12,16). The van der Waals surface area contributed by atoms with Gasteiger partial charge in [0.25, 0.3) is 11.6 Å². The van der Waals surface area contributed by atoms with Gasteiger partial charge in [-0.15, -0.1) is 0 Å². The summed E-state index contributed by atoms with van der Waals surface area (Å²) in [6.45, 7) is 0.264. The Bertz CT molecular complexity index is 644. The fourth-order valence-electron chi connectivity index (χ4n) is 1.55. The molecule has 9 nitrogen and oxygen atoms in total. The molecule has 0 aliphatic rings. The number of amides is 1. The maximum atomic E-state index is 11.4. The molecule has 10 heteroatoms. The smallest absolute Gasteiger partial charge is 0.293 e. The monoisotopic (exact) mass is 316 g/mol. The highest BCUT2D eigenvalue weighted by atomic mass is 32.2. The topological polar surface area (TPSA) is 130 Å². The highest BCUT2D eigenvalue weighted by Crippen LogP contribution is 2.25. The molecule has 0 aliphatic carbocycles. The van der Waals surface area contributed by atoms with Crippen LogP contribution in [0.5, 0.6) is 0 Å². The Morgan fingerprint density at radius 2 is 2.00 bits per heavy atom. The number of hydrogen-bond donors (Lipinski definition) is 3. The lowest BCUT2D eigenvalue weighted by Gasteiger charge is -2.08. The summed E-state index contributed by atoms with van der Waals surface area (Å²) < 4.78 is 24.0. The van der Waals surface area contributed by atoms with E-state index in [9.17, 15) is 23.3 Å². The zero-order valence-corrected chi connectivity index (χ0v) is 12.4. The van der Waals surface area contributed by atoms with Crippen LogP contribution in [0, 0.1) is 10.1 Å². The molecule has 116 valence electrons. The average Bonchev–Trinajstić information content (AvgIpc) is 2.41. The third-order valence-corrected chi connectivity index (χ3v) is 3.22. The number of anilines is 1. The van der Waals surface area contributed by atoms with Gasteiger partial charge >= 0.3 is 0 Å². The third kappa shape index (κ3) is 5.36. The largest absolute Gasteiger partial charge is 0.378 e. The van der Waals surface area contributed by atoms with Crippen molar-refractivity contribution in [3.05, 3.63) is 33.9 Å². The fraction of sp³-hybridized carbons (Fsp3) is 0.364. The van der Waals surface area contributed by atoms with E-state index >= 15 is 0 Å². The van der Waals surface area contributed by atoms with Crippen LogP contribution in [-0.2, 0) is 10.0 Å². The lowest BCUT2D eigenvalue weighted by atomic mass is 10.1. The minimum atomic E-state index is -3.30. The number of carbonyl (C=O) groups excluding carboxylic acids is 1. The number of rotatable bonds is 7. The second-order valence-corrected chi connectivity index (χ2v) is 5.99. The van der Waals surface area contributed by atoms with Crippen molar-refractivity contribution in [1.29, 1.82) is 0 Å². The number of carbonyl (C=O) groups is 1. The van der Waals surface area contributed by atoms with Crippen molar-refractivity contribution in [2.24, 2.45) is 0 Å². The van der Waals surface area contributed by atoms with Gasteiger partial charge in [0.15, 0.2) is 0 Å². The number of benzene rings is 1. The number of nitrogens with one attached hydrogen (secondary N) is 3. The van der Waals surface area contributed by atoms with Crippen molar-refractivity contribution in [3.8, 4) is 0 Å². The maximum absolute atomic E-state index is 11.4. The van der Waals surface area contributed by atoms with E-state index in [1.54, 1.807) is 0 Å². The molecule has 0 unspecified atom stereocenters. The molecule has 1 rings (SSSR count). The van der Waals surface area contributed by atoms with Gasteiger partial charge in [0.05, 0.1) is 11.2 Å². The molecule has 0 atom stereocenters. The molecule has 21 heavy (non-hydrogen) atoms. The Kier molecular flexibility index (Phi) is 5.61. The van der Waals surface area contributed by atoms with Crippen LogP contribution in [0.15, 0.2) is 18.2 Å². The van der Waals surface area contributed by atoms with Gasteiger partial charge in [-0.2, -0.15) is 0 Å². The minimum Gasteiger partial charge on any atom is -0.378 e. The lowest BCUT2D eigenvalue weighted by Crippen LogP contribution is -2.27. The van der Waals surface area contributed by atoms with Crippen LogP contribution in [-0.4, -0.2) is 45.6 Å². The minimum absolute atomic E-state index is 0.0905. The molecule has 0 fully saturated rings. The zero-order valence-electron chi connectivity index (χ0n) is 11.5. The Hall–Kier alpha value is -2.20. The highest BCUT2D eigenvalue weighted by molar-refractivity contribution is 7.88. The summed E-state index contributed by atoms with van der Waals surface area (Å²) in [5, 5.41) is 16.1. The molecule has 0 aromatic heterocycles. The van der Waals surface area contributed by atoms with Crippen LogP contribution in [0.2, 0.25) is 0 Å². The predicted molar refractivity (Wildman–Crippen MR) is 77.8 cm³/mol. The van der Waals surface area contributed by atoms with E-state index in [0.717, 1.165) is 12.3 Å². The number of nitro groups is 1. The van der Waals surface area contributed by atoms with Gasteiger partial charge in [-0.3, -0.25) is 14.9 Å². The number of nitro benzene ring substituents is 1. The summed E-state index contributed by atoms with van der Waals surface area (Å²) in [5.41, 5.74) is 0.127.